The summed E-state index contributed by atoms with van der Waals surface area (Å²) in [6.07, 6.45) is -8.75. The zero-order valence-corrected chi connectivity index (χ0v) is 23.2. The van der Waals surface area contributed by atoms with Crippen molar-refractivity contribution in [2.45, 2.75) is 12.4 Å². The van der Waals surface area contributed by atoms with Crippen molar-refractivity contribution in [1.82, 2.24) is 0 Å². The highest BCUT2D eigenvalue weighted by Gasteiger charge is 2.31. The van der Waals surface area contributed by atoms with E-state index in [1.165, 1.54) is 24.3 Å². The number of hydrogen-bond acceptors (Lipinski definition) is 4. The van der Waals surface area contributed by atoms with Crippen LogP contribution < -0.4 is 5.46 Å². The quantitative estimate of drug-likeness (QED) is 0.111. The Morgan fingerprint density at radius 3 is 1.17 bits per heavy atom. The van der Waals surface area contributed by atoms with Crippen LogP contribution in [0, 0.1) is 3.57 Å². The van der Waals surface area contributed by atoms with Crippen molar-refractivity contribution in [3.05, 3.63) is 123 Å². The van der Waals surface area contributed by atoms with Gasteiger partial charge >= 0.3 is 31.4 Å². The molecule has 0 aliphatic rings. The number of hydrogen-bond donors (Lipinski definition) is 4. The number of halogens is 7. The van der Waals surface area contributed by atoms with E-state index in [4.69, 9.17) is 20.3 Å². The van der Waals surface area contributed by atoms with Crippen LogP contribution in [0.4, 0.5) is 26.3 Å². The van der Waals surface area contributed by atoms with Gasteiger partial charge in [-0.3, -0.25) is 0 Å². The molecule has 4 rings (SSSR count). The fourth-order valence-electron chi connectivity index (χ4n) is 3.09. The summed E-state index contributed by atoms with van der Waals surface area (Å²) in [5.41, 5.74) is 0.253. The van der Waals surface area contributed by atoms with Gasteiger partial charge in [0, 0.05) is 3.57 Å². The molecule has 0 fully saturated rings. The molecule has 220 valence electrons. The summed E-state index contributed by atoms with van der Waals surface area (Å²) in [7, 11) is -1.73. The first-order chi connectivity index (χ1) is 19.5. The maximum Gasteiger partial charge on any atom is 0.488 e. The Hall–Kier alpha value is -3.89. The highest BCUT2D eigenvalue weighted by Crippen LogP contribution is 2.31. The second kappa shape index (κ2) is 14.8. The van der Waals surface area contributed by atoms with E-state index in [2.05, 4.69) is 22.6 Å². The lowest BCUT2D eigenvalue weighted by molar-refractivity contribution is -0.138. The summed E-state index contributed by atoms with van der Waals surface area (Å²) >= 11 is 2.13. The standard InChI is InChI=1S/C14H9F3O2.C7H6BF3O2.C7H5IO2/c15-14(16,17)12-7-5-10(6-8-12)9-1-3-11(4-2-9)13(18)19;9-7(10,11)5-1-3-6(4-2-5)8(12)13;8-6-3-1-5(2-4-6)7(9)10/h1-8H,(H,18,19);1-4,12-13H;1-4H,(H,9,10). The SMILES string of the molecule is O=C(O)c1ccc(-c2ccc(C(F)(F)F)cc2)cc1.O=C(O)c1ccc(I)cc1.OB(O)c1ccc(C(F)(F)F)cc1. The van der Waals surface area contributed by atoms with Gasteiger partial charge in [0.25, 0.3) is 0 Å². The zero-order chi connectivity index (χ0) is 31.7. The van der Waals surface area contributed by atoms with Gasteiger partial charge in [-0.05, 0) is 87.7 Å². The Morgan fingerprint density at radius 1 is 0.548 bits per heavy atom. The van der Waals surface area contributed by atoms with E-state index >= 15 is 0 Å². The summed E-state index contributed by atoms with van der Waals surface area (Å²) < 4.78 is 74.2. The van der Waals surface area contributed by atoms with E-state index in [0.29, 0.717) is 16.7 Å². The van der Waals surface area contributed by atoms with Gasteiger partial charge in [-0.25, -0.2) is 9.59 Å². The average Bonchev–Trinajstić information content (AvgIpc) is 2.93. The van der Waals surface area contributed by atoms with Crippen molar-refractivity contribution in [2.75, 3.05) is 0 Å². The third-order valence-electron chi connectivity index (χ3n) is 5.30. The van der Waals surface area contributed by atoms with Crippen molar-refractivity contribution in [1.29, 1.82) is 0 Å². The largest absolute Gasteiger partial charge is 0.488 e. The summed E-state index contributed by atoms with van der Waals surface area (Å²) in [4.78, 5) is 21.0. The molecule has 4 aromatic rings. The number of alkyl halides is 6. The van der Waals surface area contributed by atoms with Crippen molar-refractivity contribution in [3.63, 3.8) is 0 Å². The molecule has 0 aromatic heterocycles. The van der Waals surface area contributed by atoms with Crippen molar-refractivity contribution >= 4 is 47.1 Å². The maximum absolute atomic E-state index is 12.4. The summed E-state index contributed by atoms with van der Waals surface area (Å²) in [5, 5.41) is 34.4. The first kappa shape index (κ1) is 34.3. The van der Waals surface area contributed by atoms with Gasteiger partial charge in [0.15, 0.2) is 0 Å². The second-order valence-corrected chi connectivity index (χ2v) is 9.51. The lowest BCUT2D eigenvalue weighted by atomic mass is 9.80. The molecule has 0 amide bonds. The predicted octanol–water partition coefficient (Wildman–Crippen LogP) is 6.45. The molecular weight excluding hydrogens is 684 g/mol. The molecule has 0 aliphatic heterocycles. The Labute approximate surface area is 249 Å². The Kier molecular flexibility index (Phi) is 12.1. The van der Waals surface area contributed by atoms with E-state index in [-0.39, 0.29) is 11.0 Å². The zero-order valence-electron chi connectivity index (χ0n) is 21.1. The third-order valence-corrected chi connectivity index (χ3v) is 6.02. The van der Waals surface area contributed by atoms with Gasteiger partial charge < -0.3 is 20.3 Å². The van der Waals surface area contributed by atoms with Gasteiger partial charge in [-0.1, -0.05) is 48.5 Å². The second-order valence-electron chi connectivity index (χ2n) is 8.26. The molecular formula is C28H20BF6IO6. The third kappa shape index (κ3) is 10.8. The Balaban J connectivity index is 0.000000234. The van der Waals surface area contributed by atoms with Crippen LogP contribution in [0.15, 0.2) is 97.1 Å². The van der Waals surface area contributed by atoms with Crippen molar-refractivity contribution in [2.24, 2.45) is 0 Å². The number of carbonyl (C=O) groups is 2. The van der Waals surface area contributed by atoms with Crippen LogP contribution in [0.5, 0.6) is 0 Å². The smallest absolute Gasteiger partial charge is 0.478 e. The number of rotatable bonds is 4. The van der Waals surface area contributed by atoms with Crippen LogP contribution in [-0.4, -0.2) is 39.3 Å². The maximum atomic E-state index is 12.4. The van der Waals surface area contributed by atoms with Crippen LogP contribution in [0.1, 0.15) is 31.8 Å². The fourth-order valence-corrected chi connectivity index (χ4v) is 3.45. The highest BCUT2D eigenvalue weighted by atomic mass is 127. The van der Waals surface area contributed by atoms with Gasteiger partial charge in [-0.2, -0.15) is 26.3 Å². The number of carboxylic acid groups (broad SMARTS) is 2. The lowest BCUT2D eigenvalue weighted by Gasteiger charge is -2.08. The first-order valence-electron chi connectivity index (χ1n) is 11.5. The van der Waals surface area contributed by atoms with Crippen molar-refractivity contribution < 1.29 is 56.2 Å². The van der Waals surface area contributed by atoms with Crippen LogP contribution >= 0.6 is 22.6 Å². The minimum absolute atomic E-state index is 0.0352. The van der Waals surface area contributed by atoms with Gasteiger partial charge in [0.2, 0.25) is 0 Å². The summed E-state index contributed by atoms with van der Waals surface area (Å²) in [5.74, 6) is -1.92. The molecule has 0 bridgehead atoms. The molecule has 6 nitrogen and oxygen atoms in total. The Bertz CT molecular complexity index is 1460. The minimum atomic E-state index is -4.39. The minimum Gasteiger partial charge on any atom is -0.478 e. The number of benzene rings is 4. The summed E-state index contributed by atoms with van der Waals surface area (Å²) in [6.45, 7) is 0. The molecule has 0 saturated heterocycles. The van der Waals surface area contributed by atoms with Crippen molar-refractivity contribution in [3.8, 4) is 11.1 Å². The Morgan fingerprint density at radius 2 is 0.857 bits per heavy atom. The monoisotopic (exact) mass is 704 g/mol. The van der Waals surface area contributed by atoms with E-state index in [1.54, 1.807) is 36.4 Å². The first-order valence-corrected chi connectivity index (χ1v) is 12.6. The molecule has 0 radical (unpaired) electrons. The molecule has 14 heteroatoms. The van der Waals surface area contributed by atoms with E-state index in [1.807, 2.05) is 0 Å². The van der Waals surface area contributed by atoms with E-state index in [9.17, 15) is 35.9 Å². The molecule has 0 aliphatic carbocycles. The topological polar surface area (TPSA) is 115 Å². The normalized spacial score (nSPS) is 10.9. The lowest BCUT2D eigenvalue weighted by Crippen LogP contribution is -2.29. The molecule has 0 unspecified atom stereocenters. The molecule has 4 aromatic carbocycles. The number of carboxylic acids is 2. The molecule has 0 saturated carbocycles. The molecule has 0 atom stereocenters. The van der Waals surface area contributed by atoms with E-state index < -0.39 is 42.5 Å². The van der Waals surface area contributed by atoms with Gasteiger partial charge in [0.05, 0.1) is 22.3 Å². The molecule has 0 spiro atoms. The van der Waals surface area contributed by atoms with Gasteiger partial charge in [-0.15, -0.1) is 0 Å². The fraction of sp³-hybridized carbons (Fsp3) is 0.0714. The predicted molar refractivity (Wildman–Crippen MR) is 151 cm³/mol. The van der Waals surface area contributed by atoms with Crippen LogP contribution in [0.3, 0.4) is 0 Å². The van der Waals surface area contributed by atoms with Gasteiger partial charge in [0.1, 0.15) is 0 Å². The van der Waals surface area contributed by atoms with E-state index in [0.717, 1.165) is 40.0 Å². The molecule has 4 N–H and O–H groups in total. The molecule has 0 heterocycles. The average molecular weight is 704 g/mol. The number of aromatic carboxylic acids is 2. The van der Waals surface area contributed by atoms with Crippen LogP contribution in [0.2, 0.25) is 0 Å². The highest BCUT2D eigenvalue weighted by molar-refractivity contribution is 14.1. The van der Waals surface area contributed by atoms with Crippen LogP contribution in [0.25, 0.3) is 11.1 Å². The van der Waals surface area contributed by atoms with Crippen LogP contribution in [-0.2, 0) is 12.4 Å². The summed E-state index contributed by atoms with van der Waals surface area (Å²) in [6, 6.07) is 21.0. The molecule has 42 heavy (non-hydrogen) atoms.